The van der Waals surface area contributed by atoms with Crippen molar-refractivity contribution in [3.05, 3.63) is 52.3 Å². The number of ether oxygens (including phenoxy) is 1. The number of pyridine rings is 1. The first-order chi connectivity index (χ1) is 10.1. The monoisotopic (exact) mass is 290 g/mol. The summed E-state index contributed by atoms with van der Waals surface area (Å²) in [7, 11) is 0. The number of aromatic nitrogens is 1. The van der Waals surface area contributed by atoms with Crippen molar-refractivity contribution in [3.63, 3.8) is 0 Å². The molecule has 2 aromatic rings. The standard InChI is InChI=1S/C15H18N2O4/c1-10(2)9-21-14-8-16-11(6-12(14)18)7-17-15(19)13-4-3-5-20-13/h3-6,8,10H,7,9H2,1-2H3,(H,16,18)(H,17,19). The Labute approximate surface area is 122 Å². The van der Waals surface area contributed by atoms with Crippen LogP contribution in [0.4, 0.5) is 0 Å². The largest absolute Gasteiger partial charge is 0.488 e. The van der Waals surface area contributed by atoms with Crippen LogP contribution in [0.15, 0.2) is 39.9 Å². The van der Waals surface area contributed by atoms with E-state index >= 15 is 0 Å². The highest BCUT2D eigenvalue weighted by Gasteiger charge is 2.09. The van der Waals surface area contributed by atoms with Gasteiger partial charge in [-0.15, -0.1) is 0 Å². The van der Waals surface area contributed by atoms with Gasteiger partial charge in [0.25, 0.3) is 5.91 Å². The number of carbonyl (C=O) groups is 1. The van der Waals surface area contributed by atoms with Crippen molar-refractivity contribution >= 4 is 5.91 Å². The summed E-state index contributed by atoms with van der Waals surface area (Å²) in [5.74, 6) is 0.525. The Balaban J connectivity index is 1.94. The molecule has 21 heavy (non-hydrogen) atoms. The maximum atomic E-state index is 11.8. The average Bonchev–Trinajstić information content (AvgIpc) is 2.97. The van der Waals surface area contributed by atoms with E-state index in [1.54, 1.807) is 12.1 Å². The van der Waals surface area contributed by atoms with E-state index in [0.29, 0.717) is 18.2 Å². The molecule has 0 saturated carbocycles. The molecular weight excluding hydrogens is 272 g/mol. The van der Waals surface area contributed by atoms with Crippen LogP contribution in [-0.2, 0) is 6.54 Å². The number of hydrogen-bond acceptors (Lipinski definition) is 4. The van der Waals surface area contributed by atoms with E-state index in [0.717, 1.165) is 0 Å². The van der Waals surface area contributed by atoms with Crippen LogP contribution in [0.1, 0.15) is 30.1 Å². The van der Waals surface area contributed by atoms with Crippen molar-refractivity contribution in [1.82, 2.24) is 10.3 Å². The first-order valence-electron chi connectivity index (χ1n) is 6.72. The second kappa shape index (κ2) is 6.78. The van der Waals surface area contributed by atoms with E-state index in [1.165, 1.54) is 18.5 Å². The third kappa shape index (κ3) is 4.24. The normalized spacial score (nSPS) is 10.6. The third-order valence-electron chi connectivity index (χ3n) is 2.69. The predicted octanol–water partition coefficient (Wildman–Crippen LogP) is 1.93. The van der Waals surface area contributed by atoms with Gasteiger partial charge in [-0.25, -0.2) is 0 Å². The smallest absolute Gasteiger partial charge is 0.287 e. The fourth-order valence-electron chi connectivity index (χ4n) is 1.64. The molecule has 2 heterocycles. The van der Waals surface area contributed by atoms with Gasteiger partial charge in [-0.1, -0.05) is 13.8 Å². The van der Waals surface area contributed by atoms with Crippen LogP contribution < -0.4 is 15.5 Å². The molecule has 0 unspecified atom stereocenters. The van der Waals surface area contributed by atoms with Crippen LogP contribution in [0.25, 0.3) is 0 Å². The molecule has 0 fully saturated rings. The van der Waals surface area contributed by atoms with E-state index < -0.39 is 0 Å². The molecule has 0 radical (unpaired) electrons. The van der Waals surface area contributed by atoms with Crippen LogP contribution in [0, 0.1) is 5.92 Å². The van der Waals surface area contributed by atoms with Gasteiger partial charge in [0.2, 0.25) is 5.43 Å². The van der Waals surface area contributed by atoms with Crippen LogP contribution in [0.5, 0.6) is 5.75 Å². The molecule has 0 atom stereocenters. The lowest BCUT2D eigenvalue weighted by Crippen LogP contribution is -2.23. The van der Waals surface area contributed by atoms with Gasteiger partial charge >= 0.3 is 0 Å². The molecule has 0 aliphatic rings. The van der Waals surface area contributed by atoms with Gasteiger partial charge < -0.3 is 19.5 Å². The number of hydrogen-bond donors (Lipinski definition) is 2. The third-order valence-corrected chi connectivity index (χ3v) is 2.69. The van der Waals surface area contributed by atoms with Gasteiger partial charge in [0, 0.05) is 18.0 Å². The highest BCUT2D eigenvalue weighted by Crippen LogP contribution is 2.05. The highest BCUT2D eigenvalue weighted by atomic mass is 16.5. The fourth-order valence-corrected chi connectivity index (χ4v) is 1.64. The highest BCUT2D eigenvalue weighted by molar-refractivity contribution is 5.91. The zero-order valence-corrected chi connectivity index (χ0v) is 12.0. The Morgan fingerprint density at radius 3 is 2.90 bits per heavy atom. The molecule has 112 valence electrons. The lowest BCUT2D eigenvalue weighted by atomic mass is 10.2. The lowest BCUT2D eigenvalue weighted by Gasteiger charge is -2.09. The van der Waals surface area contributed by atoms with Crippen molar-refractivity contribution in [3.8, 4) is 5.75 Å². The molecule has 2 aromatic heterocycles. The molecule has 0 bridgehead atoms. The summed E-state index contributed by atoms with van der Waals surface area (Å²) < 4.78 is 10.4. The van der Waals surface area contributed by atoms with Crippen LogP contribution in [-0.4, -0.2) is 17.5 Å². The van der Waals surface area contributed by atoms with Crippen LogP contribution >= 0.6 is 0 Å². The van der Waals surface area contributed by atoms with Gasteiger partial charge in [0.05, 0.1) is 19.4 Å². The maximum absolute atomic E-state index is 11.8. The van der Waals surface area contributed by atoms with E-state index in [1.807, 2.05) is 13.8 Å². The molecule has 2 rings (SSSR count). The van der Waals surface area contributed by atoms with Crippen molar-refractivity contribution < 1.29 is 13.9 Å². The molecule has 6 heteroatoms. The molecule has 0 aliphatic heterocycles. The molecule has 0 spiro atoms. The van der Waals surface area contributed by atoms with Crippen molar-refractivity contribution in [2.24, 2.45) is 5.92 Å². The Bertz CT molecular complexity index is 644. The van der Waals surface area contributed by atoms with E-state index in [9.17, 15) is 9.59 Å². The number of H-pyrrole nitrogens is 1. The predicted molar refractivity (Wildman–Crippen MR) is 77.3 cm³/mol. The molecule has 0 aromatic carbocycles. The van der Waals surface area contributed by atoms with Gasteiger partial charge in [-0.3, -0.25) is 9.59 Å². The minimum Gasteiger partial charge on any atom is -0.488 e. The number of amides is 1. The second-order valence-electron chi connectivity index (χ2n) is 5.05. The van der Waals surface area contributed by atoms with Gasteiger partial charge in [-0.05, 0) is 18.1 Å². The summed E-state index contributed by atoms with van der Waals surface area (Å²) in [5, 5.41) is 2.65. The summed E-state index contributed by atoms with van der Waals surface area (Å²) in [6.45, 7) is 4.70. The van der Waals surface area contributed by atoms with E-state index in [-0.39, 0.29) is 29.4 Å². The Hall–Kier alpha value is -2.50. The molecule has 0 saturated heterocycles. The maximum Gasteiger partial charge on any atom is 0.287 e. The summed E-state index contributed by atoms with van der Waals surface area (Å²) in [4.78, 5) is 26.5. The second-order valence-corrected chi connectivity index (χ2v) is 5.05. The number of rotatable bonds is 6. The summed E-state index contributed by atoms with van der Waals surface area (Å²) >= 11 is 0. The molecule has 6 nitrogen and oxygen atoms in total. The first-order valence-corrected chi connectivity index (χ1v) is 6.72. The summed E-state index contributed by atoms with van der Waals surface area (Å²) in [6, 6.07) is 4.62. The Morgan fingerprint density at radius 1 is 1.48 bits per heavy atom. The SMILES string of the molecule is CC(C)COc1c[nH]c(CNC(=O)c2ccco2)cc1=O. The Kier molecular flexibility index (Phi) is 4.81. The van der Waals surface area contributed by atoms with Crippen LogP contribution in [0.2, 0.25) is 0 Å². The Morgan fingerprint density at radius 2 is 2.29 bits per heavy atom. The topological polar surface area (TPSA) is 84.3 Å². The summed E-state index contributed by atoms with van der Waals surface area (Å²) in [6.07, 6.45) is 2.94. The minimum absolute atomic E-state index is 0.208. The van der Waals surface area contributed by atoms with Crippen molar-refractivity contribution in [2.75, 3.05) is 6.61 Å². The number of nitrogens with one attached hydrogen (secondary N) is 2. The number of furan rings is 1. The molecule has 2 N–H and O–H groups in total. The molecule has 0 aliphatic carbocycles. The number of carbonyl (C=O) groups excluding carboxylic acids is 1. The minimum atomic E-state index is -0.332. The average molecular weight is 290 g/mol. The van der Waals surface area contributed by atoms with Crippen LogP contribution in [0.3, 0.4) is 0 Å². The lowest BCUT2D eigenvalue weighted by molar-refractivity contribution is 0.0922. The van der Waals surface area contributed by atoms with Crippen molar-refractivity contribution in [1.29, 1.82) is 0 Å². The van der Waals surface area contributed by atoms with Gasteiger partial charge in [0.15, 0.2) is 11.5 Å². The van der Waals surface area contributed by atoms with Gasteiger partial charge in [0.1, 0.15) is 0 Å². The molecular formula is C15H18N2O4. The van der Waals surface area contributed by atoms with Gasteiger partial charge in [-0.2, -0.15) is 0 Å². The van der Waals surface area contributed by atoms with Crippen molar-refractivity contribution in [2.45, 2.75) is 20.4 Å². The zero-order valence-electron chi connectivity index (χ0n) is 12.0. The van der Waals surface area contributed by atoms with E-state index in [4.69, 9.17) is 9.15 Å². The quantitative estimate of drug-likeness (QED) is 0.851. The molecule has 1 amide bonds. The zero-order chi connectivity index (χ0) is 15.2. The first kappa shape index (κ1) is 14.9. The summed E-state index contributed by atoms with van der Waals surface area (Å²) in [5.41, 5.74) is 0.383. The van der Waals surface area contributed by atoms with E-state index in [2.05, 4.69) is 10.3 Å². The number of aromatic amines is 1. The fraction of sp³-hybridized carbons (Fsp3) is 0.333.